The largest absolute Gasteiger partial charge is 0.487 e. The SMILES string of the molecule is CCCCCCON=C(COc1ccc(CC(OCC)C(=O)OC)cc1)c1ccccc1. The van der Waals surface area contributed by atoms with Gasteiger partial charge >= 0.3 is 5.97 Å². The van der Waals surface area contributed by atoms with E-state index in [9.17, 15) is 4.79 Å². The Kier molecular flexibility index (Phi) is 11.9. The number of unbranched alkanes of at least 4 members (excludes halogenated alkanes) is 3. The van der Waals surface area contributed by atoms with Crippen LogP contribution in [0, 0.1) is 0 Å². The lowest BCUT2D eigenvalue weighted by Crippen LogP contribution is -2.28. The van der Waals surface area contributed by atoms with E-state index in [0.717, 1.165) is 29.7 Å². The maximum Gasteiger partial charge on any atom is 0.335 e. The summed E-state index contributed by atoms with van der Waals surface area (Å²) in [5.74, 6) is 0.344. The van der Waals surface area contributed by atoms with Crippen LogP contribution in [0.4, 0.5) is 0 Å². The summed E-state index contributed by atoms with van der Waals surface area (Å²) in [5.41, 5.74) is 2.68. The number of benzene rings is 2. The molecule has 0 amide bonds. The molecule has 32 heavy (non-hydrogen) atoms. The number of oxime groups is 1. The molecule has 2 aromatic rings. The fraction of sp³-hybridized carbons (Fsp3) is 0.462. The number of nitrogens with zero attached hydrogens (tertiary/aromatic N) is 1. The first-order valence-electron chi connectivity index (χ1n) is 11.3. The van der Waals surface area contributed by atoms with Crippen LogP contribution in [0.25, 0.3) is 0 Å². The predicted molar refractivity (Wildman–Crippen MR) is 126 cm³/mol. The van der Waals surface area contributed by atoms with Crippen LogP contribution in [0.1, 0.15) is 50.7 Å². The predicted octanol–water partition coefficient (Wildman–Crippen LogP) is 5.19. The minimum absolute atomic E-state index is 0.294. The molecule has 174 valence electrons. The first kappa shape index (κ1) is 25.4. The third kappa shape index (κ3) is 9.10. The Morgan fingerprint density at radius 1 is 0.969 bits per heavy atom. The Bertz CT molecular complexity index is 805. The zero-order valence-electron chi connectivity index (χ0n) is 19.4. The van der Waals surface area contributed by atoms with Crippen molar-refractivity contribution >= 4 is 11.7 Å². The van der Waals surface area contributed by atoms with E-state index in [1.165, 1.54) is 20.0 Å². The summed E-state index contributed by atoms with van der Waals surface area (Å²) in [6.07, 6.45) is 4.39. The molecule has 0 heterocycles. The normalized spacial score (nSPS) is 12.3. The van der Waals surface area contributed by atoms with Gasteiger partial charge in [0.25, 0.3) is 0 Å². The van der Waals surface area contributed by atoms with Gasteiger partial charge < -0.3 is 19.0 Å². The van der Waals surface area contributed by atoms with Crippen molar-refractivity contribution in [3.05, 3.63) is 65.7 Å². The third-order valence-electron chi connectivity index (χ3n) is 4.92. The van der Waals surface area contributed by atoms with Crippen molar-refractivity contribution < 1.29 is 23.8 Å². The van der Waals surface area contributed by atoms with E-state index in [4.69, 9.17) is 19.0 Å². The lowest BCUT2D eigenvalue weighted by molar-refractivity contribution is -0.153. The molecule has 0 aromatic heterocycles. The number of carbonyl (C=O) groups is 1. The molecule has 0 aliphatic carbocycles. The summed E-state index contributed by atoms with van der Waals surface area (Å²) in [4.78, 5) is 17.4. The van der Waals surface area contributed by atoms with Crippen LogP contribution in [-0.2, 0) is 25.5 Å². The number of carbonyl (C=O) groups excluding carboxylic acids is 1. The van der Waals surface area contributed by atoms with Crippen molar-refractivity contribution in [3.8, 4) is 5.75 Å². The summed E-state index contributed by atoms with van der Waals surface area (Å²) in [7, 11) is 1.37. The highest BCUT2D eigenvalue weighted by Crippen LogP contribution is 2.16. The third-order valence-corrected chi connectivity index (χ3v) is 4.92. The summed E-state index contributed by atoms with van der Waals surface area (Å²) >= 11 is 0. The molecule has 0 N–H and O–H groups in total. The van der Waals surface area contributed by atoms with Crippen LogP contribution in [0.3, 0.4) is 0 Å². The standard InChI is InChI=1S/C26H35NO5/c1-4-6-7-11-18-32-27-24(22-12-9-8-10-13-22)20-31-23-16-14-21(15-17-23)19-25(30-5-2)26(28)29-3/h8-10,12-17,25H,4-7,11,18-20H2,1-3H3. The highest BCUT2D eigenvalue weighted by Gasteiger charge is 2.19. The molecule has 6 nitrogen and oxygen atoms in total. The molecule has 0 saturated carbocycles. The monoisotopic (exact) mass is 441 g/mol. The van der Waals surface area contributed by atoms with Crippen LogP contribution in [0.15, 0.2) is 59.8 Å². The Balaban J connectivity index is 1.95. The molecular weight excluding hydrogens is 406 g/mol. The van der Waals surface area contributed by atoms with E-state index in [0.29, 0.717) is 32.0 Å². The van der Waals surface area contributed by atoms with E-state index >= 15 is 0 Å². The van der Waals surface area contributed by atoms with Crippen LogP contribution in [0.2, 0.25) is 0 Å². The van der Waals surface area contributed by atoms with Gasteiger partial charge in [-0.15, -0.1) is 0 Å². The first-order valence-corrected chi connectivity index (χ1v) is 11.3. The van der Waals surface area contributed by atoms with E-state index in [1.54, 1.807) is 0 Å². The van der Waals surface area contributed by atoms with Crippen molar-refractivity contribution in [1.29, 1.82) is 0 Å². The van der Waals surface area contributed by atoms with Crippen LogP contribution in [0.5, 0.6) is 5.75 Å². The molecule has 0 bridgehead atoms. The summed E-state index contributed by atoms with van der Waals surface area (Å²) < 4.78 is 16.3. The number of hydrogen-bond donors (Lipinski definition) is 0. The van der Waals surface area contributed by atoms with Gasteiger partial charge in [0, 0.05) is 18.6 Å². The quantitative estimate of drug-likeness (QED) is 0.165. The lowest BCUT2D eigenvalue weighted by Gasteiger charge is -2.15. The average molecular weight is 442 g/mol. The molecular formula is C26H35NO5. The van der Waals surface area contributed by atoms with Crippen LogP contribution >= 0.6 is 0 Å². The minimum atomic E-state index is -0.608. The zero-order valence-corrected chi connectivity index (χ0v) is 19.4. The van der Waals surface area contributed by atoms with Gasteiger partial charge in [-0.1, -0.05) is 67.4 Å². The molecule has 0 radical (unpaired) electrons. The van der Waals surface area contributed by atoms with Gasteiger partial charge in [-0.05, 0) is 37.5 Å². The highest BCUT2D eigenvalue weighted by atomic mass is 16.6. The first-order chi connectivity index (χ1) is 15.7. The topological polar surface area (TPSA) is 66.3 Å². The van der Waals surface area contributed by atoms with Crippen LogP contribution < -0.4 is 4.74 Å². The molecule has 2 aromatic carbocycles. The summed E-state index contributed by atoms with van der Waals surface area (Å²) in [6, 6.07) is 17.5. The maximum atomic E-state index is 11.8. The average Bonchev–Trinajstić information content (AvgIpc) is 2.83. The van der Waals surface area contributed by atoms with Gasteiger partial charge in [-0.25, -0.2) is 4.79 Å². The summed E-state index contributed by atoms with van der Waals surface area (Å²) in [5, 5.41) is 4.34. The second-order valence-electron chi connectivity index (χ2n) is 7.40. The minimum Gasteiger partial charge on any atom is -0.487 e. The van der Waals surface area contributed by atoms with E-state index in [1.807, 2.05) is 61.5 Å². The van der Waals surface area contributed by atoms with Crippen molar-refractivity contribution in [2.24, 2.45) is 5.16 Å². The maximum absolute atomic E-state index is 11.8. The second-order valence-corrected chi connectivity index (χ2v) is 7.40. The van der Waals surface area contributed by atoms with E-state index < -0.39 is 6.10 Å². The fourth-order valence-corrected chi connectivity index (χ4v) is 3.14. The molecule has 1 unspecified atom stereocenters. The van der Waals surface area contributed by atoms with Crippen molar-refractivity contribution in [3.63, 3.8) is 0 Å². The second kappa shape index (κ2) is 15.0. The number of esters is 1. The molecule has 1 atom stereocenters. The lowest BCUT2D eigenvalue weighted by atomic mass is 10.1. The number of hydrogen-bond acceptors (Lipinski definition) is 6. The smallest absolute Gasteiger partial charge is 0.335 e. The Morgan fingerprint density at radius 2 is 1.72 bits per heavy atom. The zero-order chi connectivity index (χ0) is 23.0. The van der Waals surface area contributed by atoms with Gasteiger partial charge in [-0.2, -0.15) is 0 Å². The Labute approximate surface area is 191 Å². The number of rotatable bonds is 15. The van der Waals surface area contributed by atoms with Crippen LogP contribution in [-0.4, -0.2) is 44.7 Å². The van der Waals surface area contributed by atoms with Gasteiger partial charge in [0.15, 0.2) is 6.10 Å². The van der Waals surface area contributed by atoms with Gasteiger partial charge in [0.2, 0.25) is 0 Å². The van der Waals surface area contributed by atoms with Crippen molar-refractivity contribution in [1.82, 2.24) is 0 Å². The molecule has 2 rings (SSSR count). The Morgan fingerprint density at radius 3 is 2.38 bits per heavy atom. The molecule has 0 spiro atoms. The molecule has 0 aliphatic heterocycles. The van der Waals surface area contributed by atoms with Crippen molar-refractivity contribution in [2.75, 3.05) is 26.9 Å². The number of ether oxygens (including phenoxy) is 3. The molecule has 0 fully saturated rings. The fourth-order valence-electron chi connectivity index (χ4n) is 3.14. The molecule has 0 saturated heterocycles. The summed E-state index contributed by atoms with van der Waals surface area (Å²) in [6.45, 7) is 5.39. The molecule has 0 aliphatic rings. The Hall–Kier alpha value is -2.86. The highest BCUT2D eigenvalue weighted by molar-refractivity contribution is 6.01. The number of methoxy groups -OCH3 is 1. The molecule has 6 heteroatoms. The van der Waals surface area contributed by atoms with Gasteiger partial charge in [-0.3, -0.25) is 0 Å². The van der Waals surface area contributed by atoms with E-state index in [2.05, 4.69) is 12.1 Å². The van der Waals surface area contributed by atoms with Gasteiger partial charge in [0.05, 0.1) is 7.11 Å². The van der Waals surface area contributed by atoms with Crippen molar-refractivity contribution in [2.45, 2.75) is 52.1 Å². The van der Waals surface area contributed by atoms with E-state index in [-0.39, 0.29) is 5.97 Å². The van der Waals surface area contributed by atoms with Gasteiger partial charge in [0.1, 0.15) is 24.7 Å².